The molecule has 0 saturated heterocycles. The third kappa shape index (κ3) is 6.22. The van der Waals surface area contributed by atoms with Crippen LogP contribution in [0.3, 0.4) is 0 Å². The molecule has 1 rings (SSSR count). The van der Waals surface area contributed by atoms with Gasteiger partial charge in [0.25, 0.3) is 5.91 Å². The first-order chi connectivity index (χ1) is 11.0. The summed E-state index contributed by atoms with van der Waals surface area (Å²) in [5, 5.41) is 11.0. The number of carbonyl (C=O) groups is 2. The Kier molecular flexibility index (Phi) is 8.01. The largest absolute Gasteiger partial charge is 0.493 e. The van der Waals surface area contributed by atoms with Gasteiger partial charge in [0, 0.05) is 13.0 Å². The SMILES string of the molecule is COc1c(F)ccc(F)c1C(=O)NCCCCCCCC(=O)O. The highest BCUT2D eigenvalue weighted by Crippen LogP contribution is 2.25. The average Bonchev–Trinajstić information content (AvgIpc) is 2.51. The van der Waals surface area contributed by atoms with E-state index in [1.165, 1.54) is 7.11 Å². The number of rotatable bonds is 10. The molecule has 5 nitrogen and oxygen atoms in total. The van der Waals surface area contributed by atoms with Crippen LogP contribution in [0.4, 0.5) is 8.78 Å². The monoisotopic (exact) mass is 329 g/mol. The number of aliphatic carboxylic acids is 1. The fourth-order valence-electron chi connectivity index (χ4n) is 2.17. The summed E-state index contributed by atoms with van der Waals surface area (Å²) < 4.78 is 31.9. The van der Waals surface area contributed by atoms with Crippen molar-refractivity contribution in [1.82, 2.24) is 5.32 Å². The molecule has 0 bridgehead atoms. The molecule has 7 heteroatoms. The van der Waals surface area contributed by atoms with Crippen LogP contribution in [0, 0.1) is 11.6 Å². The van der Waals surface area contributed by atoms with Crippen LogP contribution in [0.15, 0.2) is 12.1 Å². The van der Waals surface area contributed by atoms with Gasteiger partial charge >= 0.3 is 5.97 Å². The van der Waals surface area contributed by atoms with Crippen molar-refractivity contribution in [2.45, 2.75) is 38.5 Å². The lowest BCUT2D eigenvalue weighted by Gasteiger charge is -2.11. The number of methoxy groups -OCH3 is 1. The molecule has 23 heavy (non-hydrogen) atoms. The van der Waals surface area contributed by atoms with Gasteiger partial charge in [0.1, 0.15) is 11.4 Å². The van der Waals surface area contributed by atoms with Crippen LogP contribution in [0.2, 0.25) is 0 Å². The number of carboxylic acid groups (broad SMARTS) is 1. The van der Waals surface area contributed by atoms with Crippen molar-refractivity contribution in [3.63, 3.8) is 0 Å². The van der Waals surface area contributed by atoms with E-state index in [2.05, 4.69) is 5.32 Å². The molecular formula is C16H21F2NO4. The standard InChI is InChI=1S/C16H21F2NO4/c1-23-15-12(18)9-8-11(17)14(15)16(22)19-10-6-4-2-3-5-7-13(20)21/h8-9H,2-7,10H2,1H3,(H,19,22)(H,20,21). The first-order valence-corrected chi connectivity index (χ1v) is 7.49. The van der Waals surface area contributed by atoms with E-state index in [0.29, 0.717) is 19.4 Å². The normalized spacial score (nSPS) is 10.4. The molecule has 1 amide bonds. The number of hydrogen-bond donors (Lipinski definition) is 2. The molecule has 2 N–H and O–H groups in total. The van der Waals surface area contributed by atoms with Gasteiger partial charge in [-0.2, -0.15) is 0 Å². The molecule has 0 heterocycles. The number of carbonyl (C=O) groups excluding carboxylic acids is 1. The minimum atomic E-state index is -0.838. The maximum atomic E-state index is 13.7. The Bertz CT molecular complexity index is 549. The maximum Gasteiger partial charge on any atom is 0.303 e. The van der Waals surface area contributed by atoms with E-state index in [9.17, 15) is 18.4 Å². The third-order valence-electron chi connectivity index (χ3n) is 3.34. The zero-order valence-corrected chi connectivity index (χ0v) is 13.0. The lowest BCUT2D eigenvalue weighted by atomic mass is 10.1. The summed E-state index contributed by atoms with van der Waals surface area (Å²) in [4.78, 5) is 22.3. The Hall–Kier alpha value is -2.18. The summed E-state index contributed by atoms with van der Waals surface area (Å²) in [6.07, 6.45) is 3.97. The molecule has 0 spiro atoms. The predicted molar refractivity (Wildman–Crippen MR) is 80.6 cm³/mol. The van der Waals surface area contributed by atoms with Gasteiger partial charge in [-0.3, -0.25) is 9.59 Å². The second kappa shape index (κ2) is 9.76. The smallest absolute Gasteiger partial charge is 0.303 e. The van der Waals surface area contributed by atoms with Gasteiger partial charge in [0.05, 0.1) is 7.11 Å². The van der Waals surface area contributed by atoms with Crippen molar-refractivity contribution in [3.05, 3.63) is 29.3 Å². The molecule has 128 valence electrons. The van der Waals surface area contributed by atoms with Crippen LogP contribution >= 0.6 is 0 Å². The van der Waals surface area contributed by atoms with Crippen molar-refractivity contribution in [3.8, 4) is 5.75 Å². The van der Waals surface area contributed by atoms with Gasteiger partial charge in [-0.05, 0) is 25.0 Å². The lowest BCUT2D eigenvalue weighted by molar-refractivity contribution is -0.137. The van der Waals surface area contributed by atoms with Gasteiger partial charge in [-0.25, -0.2) is 8.78 Å². The molecular weight excluding hydrogens is 308 g/mol. The van der Waals surface area contributed by atoms with E-state index in [0.717, 1.165) is 31.4 Å². The number of benzene rings is 1. The number of hydrogen-bond acceptors (Lipinski definition) is 3. The number of amides is 1. The van der Waals surface area contributed by atoms with E-state index >= 15 is 0 Å². The van der Waals surface area contributed by atoms with Crippen LogP contribution in [0.25, 0.3) is 0 Å². The zero-order chi connectivity index (χ0) is 17.2. The van der Waals surface area contributed by atoms with Crippen molar-refractivity contribution in [2.24, 2.45) is 0 Å². The van der Waals surface area contributed by atoms with Gasteiger partial charge < -0.3 is 15.2 Å². The molecule has 0 aliphatic rings. The average molecular weight is 329 g/mol. The van der Waals surface area contributed by atoms with Crippen molar-refractivity contribution in [1.29, 1.82) is 0 Å². The molecule has 0 unspecified atom stereocenters. The van der Waals surface area contributed by atoms with E-state index in [1.54, 1.807) is 0 Å². The summed E-state index contributed by atoms with van der Waals surface area (Å²) in [6, 6.07) is 1.79. The Morgan fingerprint density at radius 3 is 2.35 bits per heavy atom. The molecule has 0 fully saturated rings. The highest BCUT2D eigenvalue weighted by Gasteiger charge is 2.20. The lowest BCUT2D eigenvalue weighted by Crippen LogP contribution is -2.26. The van der Waals surface area contributed by atoms with Crippen LogP contribution in [-0.4, -0.2) is 30.6 Å². The summed E-state index contributed by atoms with van der Waals surface area (Å²) >= 11 is 0. The number of unbranched alkanes of at least 4 members (excludes halogenated alkanes) is 4. The second-order valence-corrected chi connectivity index (χ2v) is 5.10. The molecule has 0 atom stereocenters. The summed E-state index contributed by atoms with van der Waals surface area (Å²) in [5.74, 6) is -3.56. The predicted octanol–water partition coefficient (Wildman–Crippen LogP) is 3.13. The molecule has 0 aliphatic heterocycles. The van der Waals surface area contributed by atoms with Crippen molar-refractivity contribution < 1.29 is 28.2 Å². The van der Waals surface area contributed by atoms with Crippen LogP contribution in [-0.2, 0) is 4.79 Å². The molecule has 1 aromatic carbocycles. The summed E-state index contributed by atoms with van der Waals surface area (Å²) in [7, 11) is 1.17. The third-order valence-corrected chi connectivity index (χ3v) is 3.34. The fraction of sp³-hybridized carbons (Fsp3) is 0.500. The number of carboxylic acids is 1. The fourth-order valence-corrected chi connectivity index (χ4v) is 2.17. The highest BCUT2D eigenvalue weighted by atomic mass is 19.1. The first-order valence-electron chi connectivity index (χ1n) is 7.49. The molecule has 0 radical (unpaired) electrons. The summed E-state index contributed by atoms with van der Waals surface area (Å²) in [5.41, 5.74) is -0.436. The zero-order valence-electron chi connectivity index (χ0n) is 13.0. The summed E-state index contributed by atoms with van der Waals surface area (Å²) in [6.45, 7) is 0.330. The van der Waals surface area contributed by atoms with Gasteiger partial charge in [0.2, 0.25) is 0 Å². The minimum Gasteiger partial charge on any atom is -0.493 e. The molecule has 0 aromatic heterocycles. The quantitative estimate of drug-likeness (QED) is 0.647. The van der Waals surface area contributed by atoms with E-state index < -0.39 is 34.8 Å². The Labute approximate surface area is 133 Å². The van der Waals surface area contributed by atoms with Crippen LogP contribution < -0.4 is 10.1 Å². The molecule has 0 saturated carbocycles. The van der Waals surface area contributed by atoms with Gasteiger partial charge in [-0.15, -0.1) is 0 Å². The van der Waals surface area contributed by atoms with E-state index in [4.69, 9.17) is 9.84 Å². The Morgan fingerprint density at radius 1 is 1.09 bits per heavy atom. The van der Waals surface area contributed by atoms with Crippen LogP contribution in [0.1, 0.15) is 48.9 Å². The molecule has 1 aromatic rings. The van der Waals surface area contributed by atoms with E-state index in [1.807, 2.05) is 0 Å². The van der Waals surface area contributed by atoms with Crippen molar-refractivity contribution in [2.75, 3.05) is 13.7 Å². The Morgan fingerprint density at radius 2 is 1.70 bits per heavy atom. The van der Waals surface area contributed by atoms with E-state index in [-0.39, 0.29) is 6.42 Å². The second-order valence-electron chi connectivity index (χ2n) is 5.10. The highest BCUT2D eigenvalue weighted by molar-refractivity contribution is 5.97. The number of halogens is 2. The number of ether oxygens (including phenoxy) is 1. The maximum absolute atomic E-state index is 13.7. The first kappa shape index (κ1) is 18.9. The topological polar surface area (TPSA) is 75.6 Å². The van der Waals surface area contributed by atoms with Crippen LogP contribution in [0.5, 0.6) is 5.75 Å². The van der Waals surface area contributed by atoms with Gasteiger partial charge in [0.15, 0.2) is 11.6 Å². The number of nitrogens with one attached hydrogen (secondary N) is 1. The van der Waals surface area contributed by atoms with Crippen molar-refractivity contribution >= 4 is 11.9 Å². The van der Waals surface area contributed by atoms with Gasteiger partial charge in [-0.1, -0.05) is 19.3 Å². The Balaban J connectivity index is 2.35. The minimum absolute atomic E-state index is 0.162. The molecule has 0 aliphatic carbocycles.